The number of nitrogens with zero attached hydrogens (tertiary/aromatic N) is 1. The van der Waals surface area contributed by atoms with Gasteiger partial charge in [0.15, 0.2) is 0 Å². The second-order valence-corrected chi connectivity index (χ2v) is 3.53. The van der Waals surface area contributed by atoms with Crippen LogP contribution in [0, 0.1) is 6.92 Å². The van der Waals surface area contributed by atoms with Crippen LogP contribution in [0.5, 0.6) is 0 Å². The Labute approximate surface area is 77.1 Å². The van der Waals surface area contributed by atoms with Crippen LogP contribution in [0.2, 0.25) is 0 Å². The summed E-state index contributed by atoms with van der Waals surface area (Å²) in [4.78, 5) is 5.54. The quantitative estimate of drug-likeness (QED) is 0.601. The van der Waals surface area contributed by atoms with Gasteiger partial charge in [-0.05, 0) is 25.1 Å². The summed E-state index contributed by atoms with van der Waals surface area (Å²) in [7, 11) is 0. The molecule has 0 bridgehead atoms. The highest BCUT2D eigenvalue weighted by atomic mass is 32.1. The lowest BCUT2D eigenvalue weighted by molar-refractivity contribution is 1.42. The standard InChI is InChI=1S/C8H7NS.C2H6/c1-6-5-7-8(10-6)3-2-4-9-7;1-2/h2-5H,1H3;1-2H3. The second-order valence-electron chi connectivity index (χ2n) is 2.24. The van der Waals surface area contributed by atoms with Crippen LogP contribution in [-0.2, 0) is 0 Å². The van der Waals surface area contributed by atoms with Crippen LogP contribution < -0.4 is 0 Å². The maximum Gasteiger partial charge on any atom is 0.0812 e. The molecule has 1 nitrogen and oxygen atoms in total. The van der Waals surface area contributed by atoms with E-state index in [1.54, 1.807) is 11.3 Å². The van der Waals surface area contributed by atoms with E-state index in [-0.39, 0.29) is 0 Å². The smallest absolute Gasteiger partial charge is 0.0812 e. The molecule has 0 saturated carbocycles. The molecule has 2 rings (SSSR count). The number of thiophene rings is 1. The van der Waals surface area contributed by atoms with E-state index in [0.29, 0.717) is 0 Å². The Morgan fingerprint density at radius 3 is 2.75 bits per heavy atom. The Kier molecular flexibility index (Phi) is 3.23. The average Bonchev–Trinajstić information content (AvgIpc) is 2.48. The maximum absolute atomic E-state index is 4.21. The SMILES string of the molecule is CC.Cc1cc2ncccc2s1. The van der Waals surface area contributed by atoms with Crippen LogP contribution in [0.3, 0.4) is 0 Å². The number of rotatable bonds is 0. The Bertz CT molecular complexity index is 318. The molecular formula is C10H13NS. The van der Waals surface area contributed by atoms with Crippen molar-refractivity contribution in [3.05, 3.63) is 29.3 Å². The predicted octanol–water partition coefficient (Wildman–Crippen LogP) is 3.63. The molecule has 2 heterocycles. The predicted molar refractivity (Wildman–Crippen MR) is 55.7 cm³/mol. The van der Waals surface area contributed by atoms with Crippen LogP contribution in [0.1, 0.15) is 18.7 Å². The van der Waals surface area contributed by atoms with Crippen molar-refractivity contribution in [2.75, 3.05) is 0 Å². The van der Waals surface area contributed by atoms with Crippen molar-refractivity contribution in [3.8, 4) is 0 Å². The van der Waals surface area contributed by atoms with Gasteiger partial charge in [0, 0.05) is 11.1 Å². The van der Waals surface area contributed by atoms with Gasteiger partial charge in [0.2, 0.25) is 0 Å². The number of aryl methyl sites for hydroxylation is 1. The van der Waals surface area contributed by atoms with Crippen molar-refractivity contribution < 1.29 is 0 Å². The number of aromatic nitrogens is 1. The molecule has 12 heavy (non-hydrogen) atoms. The average molecular weight is 179 g/mol. The van der Waals surface area contributed by atoms with E-state index in [1.807, 2.05) is 26.1 Å². The van der Waals surface area contributed by atoms with Crippen LogP contribution in [0.4, 0.5) is 0 Å². The zero-order chi connectivity index (χ0) is 8.97. The van der Waals surface area contributed by atoms with Gasteiger partial charge in [0.1, 0.15) is 0 Å². The highest BCUT2D eigenvalue weighted by molar-refractivity contribution is 7.18. The fraction of sp³-hybridized carbons (Fsp3) is 0.300. The van der Waals surface area contributed by atoms with E-state index in [9.17, 15) is 0 Å². The zero-order valence-electron chi connectivity index (χ0n) is 7.66. The molecule has 0 unspecified atom stereocenters. The molecule has 0 N–H and O–H groups in total. The zero-order valence-corrected chi connectivity index (χ0v) is 8.48. The highest BCUT2D eigenvalue weighted by Gasteiger charge is 1.95. The molecule has 64 valence electrons. The Morgan fingerprint density at radius 2 is 2.08 bits per heavy atom. The van der Waals surface area contributed by atoms with Gasteiger partial charge in [-0.15, -0.1) is 11.3 Å². The summed E-state index contributed by atoms with van der Waals surface area (Å²) >= 11 is 1.79. The number of fused-ring (bicyclic) bond motifs is 1. The molecular weight excluding hydrogens is 166 g/mol. The van der Waals surface area contributed by atoms with E-state index in [0.717, 1.165) is 5.52 Å². The van der Waals surface area contributed by atoms with Gasteiger partial charge in [-0.3, -0.25) is 4.98 Å². The molecule has 0 aromatic carbocycles. The molecule has 0 amide bonds. The molecule has 0 aliphatic carbocycles. The van der Waals surface area contributed by atoms with E-state index >= 15 is 0 Å². The minimum atomic E-state index is 1.12. The van der Waals surface area contributed by atoms with Gasteiger partial charge in [-0.1, -0.05) is 13.8 Å². The minimum Gasteiger partial charge on any atom is -0.255 e. The van der Waals surface area contributed by atoms with Crippen molar-refractivity contribution in [2.45, 2.75) is 20.8 Å². The summed E-state index contributed by atoms with van der Waals surface area (Å²) in [5, 5.41) is 0. The molecule has 2 aromatic heterocycles. The molecule has 0 saturated heterocycles. The van der Waals surface area contributed by atoms with Gasteiger partial charge >= 0.3 is 0 Å². The lowest BCUT2D eigenvalue weighted by atomic mass is 10.4. The van der Waals surface area contributed by atoms with E-state index < -0.39 is 0 Å². The molecule has 0 aliphatic rings. The highest BCUT2D eigenvalue weighted by Crippen LogP contribution is 2.21. The van der Waals surface area contributed by atoms with E-state index in [4.69, 9.17) is 0 Å². The third-order valence-electron chi connectivity index (χ3n) is 1.41. The monoisotopic (exact) mass is 179 g/mol. The number of hydrogen-bond donors (Lipinski definition) is 0. The third kappa shape index (κ3) is 1.83. The number of hydrogen-bond acceptors (Lipinski definition) is 2. The van der Waals surface area contributed by atoms with Gasteiger partial charge < -0.3 is 0 Å². The molecule has 0 spiro atoms. The van der Waals surface area contributed by atoms with E-state index in [2.05, 4.69) is 24.0 Å². The fourth-order valence-corrected chi connectivity index (χ4v) is 1.87. The van der Waals surface area contributed by atoms with Crippen molar-refractivity contribution in [2.24, 2.45) is 0 Å². The maximum atomic E-state index is 4.21. The molecule has 0 radical (unpaired) electrons. The van der Waals surface area contributed by atoms with E-state index in [1.165, 1.54) is 9.58 Å². The first kappa shape index (κ1) is 9.20. The minimum absolute atomic E-state index is 1.12. The van der Waals surface area contributed by atoms with Gasteiger partial charge in [-0.2, -0.15) is 0 Å². The normalized spacial score (nSPS) is 9.25. The molecule has 0 fully saturated rings. The van der Waals surface area contributed by atoms with Crippen molar-refractivity contribution in [1.29, 1.82) is 0 Å². The summed E-state index contributed by atoms with van der Waals surface area (Å²) < 4.78 is 1.28. The molecule has 2 aromatic rings. The lowest BCUT2D eigenvalue weighted by Crippen LogP contribution is -1.66. The molecule has 2 heteroatoms. The Balaban J connectivity index is 0.000000336. The van der Waals surface area contributed by atoms with Crippen LogP contribution in [-0.4, -0.2) is 4.98 Å². The largest absolute Gasteiger partial charge is 0.255 e. The first-order chi connectivity index (χ1) is 5.86. The summed E-state index contributed by atoms with van der Waals surface area (Å²) in [6, 6.07) is 6.18. The Hall–Kier alpha value is -0.890. The van der Waals surface area contributed by atoms with Crippen LogP contribution in [0.25, 0.3) is 10.2 Å². The Morgan fingerprint density at radius 1 is 1.33 bits per heavy atom. The number of pyridine rings is 1. The molecule has 0 atom stereocenters. The summed E-state index contributed by atoms with van der Waals surface area (Å²) in [6.07, 6.45) is 1.83. The molecule has 0 aliphatic heterocycles. The fourth-order valence-electron chi connectivity index (χ4n) is 0.993. The van der Waals surface area contributed by atoms with Gasteiger partial charge in [0.25, 0.3) is 0 Å². The van der Waals surface area contributed by atoms with Crippen molar-refractivity contribution in [3.63, 3.8) is 0 Å². The van der Waals surface area contributed by atoms with Crippen molar-refractivity contribution in [1.82, 2.24) is 4.98 Å². The van der Waals surface area contributed by atoms with Gasteiger partial charge in [-0.25, -0.2) is 0 Å². The topological polar surface area (TPSA) is 12.9 Å². The van der Waals surface area contributed by atoms with Crippen LogP contribution in [0.15, 0.2) is 24.4 Å². The summed E-state index contributed by atoms with van der Waals surface area (Å²) in [5.74, 6) is 0. The first-order valence-corrected chi connectivity index (χ1v) is 4.99. The third-order valence-corrected chi connectivity index (χ3v) is 2.42. The lowest BCUT2D eigenvalue weighted by Gasteiger charge is -1.81. The van der Waals surface area contributed by atoms with Crippen LogP contribution >= 0.6 is 11.3 Å². The van der Waals surface area contributed by atoms with Crippen molar-refractivity contribution >= 4 is 21.6 Å². The second kappa shape index (κ2) is 4.21. The van der Waals surface area contributed by atoms with Gasteiger partial charge in [0.05, 0.1) is 10.2 Å². The summed E-state index contributed by atoms with van der Waals surface area (Å²) in [6.45, 7) is 6.10. The summed E-state index contributed by atoms with van der Waals surface area (Å²) in [5.41, 5.74) is 1.12. The first-order valence-electron chi connectivity index (χ1n) is 4.17.